The monoisotopic (exact) mass is 642 g/mol. The summed E-state index contributed by atoms with van der Waals surface area (Å²) in [6.45, 7) is 5.33. The quantitative estimate of drug-likeness (QED) is 0.0342. The van der Waals surface area contributed by atoms with Gasteiger partial charge in [-0.2, -0.15) is 0 Å². The van der Waals surface area contributed by atoms with Crippen LogP contribution < -0.4 is 10.2 Å². The van der Waals surface area contributed by atoms with Gasteiger partial charge in [0.25, 0.3) is 0 Å². The van der Waals surface area contributed by atoms with Crippen molar-refractivity contribution < 1.29 is 58.8 Å². The van der Waals surface area contributed by atoms with E-state index in [4.69, 9.17) is 10.2 Å². The van der Waals surface area contributed by atoms with Crippen LogP contribution in [-0.2, 0) is 19.2 Å². The van der Waals surface area contributed by atoms with Gasteiger partial charge in [-0.05, 0) is 37.8 Å². The topological polar surface area (TPSA) is 195 Å². The Morgan fingerprint density at radius 1 is 0.581 bits per heavy atom. The van der Waals surface area contributed by atoms with E-state index in [0.29, 0.717) is 13.1 Å². The van der Waals surface area contributed by atoms with Crippen molar-refractivity contribution in [2.45, 2.75) is 90.9 Å². The largest absolute Gasteiger partial charge is 2.00 e. The maximum absolute atomic E-state index is 10.7. The Hall–Kier alpha value is -1.54. The second-order valence-electron chi connectivity index (χ2n) is 10.7. The summed E-state index contributed by atoms with van der Waals surface area (Å²) >= 11 is 0. The molecule has 12 nitrogen and oxygen atoms in total. The minimum absolute atomic E-state index is 0. The first kappa shape index (κ1) is 45.9. The number of unbranched alkanes of at least 4 members (excludes halogenated alkanes) is 6. The molecule has 0 aromatic rings. The summed E-state index contributed by atoms with van der Waals surface area (Å²) in [4.78, 5) is 42.6. The Labute approximate surface area is 286 Å². The van der Waals surface area contributed by atoms with Gasteiger partial charge in [-0.1, -0.05) is 51.7 Å². The predicted molar refractivity (Wildman–Crippen MR) is 160 cm³/mol. The summed E-state index contributed by atoms with van der Waals surface area (Å²) in [5.41, 5.74) is 0. The number of aliphatic carboxylic acids is 4. The van der Waals surface area contributed by atoms with Gasteiger partial charge in [0.2, 0.25) is 0 Å². The molecule has 0 bridgehead atoms. The fraction of sp³-hybridized carbons (Fsp3) is 0.733. The molecular weight excluding hydrogens is 588 g/mol. The fourth-order valence-electron chi connectivity index (χ4n) is 4.17. The smallest absolute Gasteiger partial charge is 0.550 e. The number of quaternary nitrogens is 2. The molecule has 43 heavy (non-hydrogen) atoms. The molecule has 0 aliphatic carbocycles. The van der Waals surface area contributed by atoms with E-state index < -0.39 is 23.9 Å². The van der Waals surface area contributed by atoms with E-state index in [2.05, 4.69) is 13.8 Å². The normalized spacial score (nSPS) is 13.9. The van der Waals surface area contributed by atoms with Crippen molar-refractivity contribution in [3.05, 3.63) is 24.3 Å². The minimum Gasteiger partial charge on any atom is -0.550 e. The van der Waals surface area contributed by atoms with Gasteiger partial charge in [0.05, 0.1) is 52.1 Å². The fourth-order valence-corrected chi connectivity index (χ4v) is 4.17. The Kier molecular flexibility index (Phi) is 31.1. The Morgan fingerprint density at radius 2 is 0.907 bits per heavy atom. The van der Waals surface area contributed by atoms with Crippen molar-refractivity contribution in [1.29, 1.82) is 0 Å². The summed E-state index contributed by atoms with van der Waals surface area (Å²) in [6.07, 6.45) is 16.0. The molecular formula is C30H54CaN2O10+2. The summed E-state index contributed by atoms with van der Waals surface area (Å²) in [5.74, 6) is -4.28. The summed E-state index contributed by atoms with van der Waals surface area (Å²) in [6, 6.07) is 0. The maximum atomic E-state index is 10.7. The first-order chi connectivity index (χ1) is 19.9. The zero-order valence-corrected chi connectivity index (χ0v) is 28.5. The van der Waals surface area contributed by atoms with Crippen molar-refractivity contribution in [1.82, 2.24) is 0 Å². The number of carbonyl (C=O) groups excluding carboxylic acids is 2. The molecule has 0 fully saturated rings. The van der Waals surface area contributed by atoms with Gasteiger partial charge in [0.15, 0.2) is 13.5 Å². The van der Waals surface area contributed by atoms with Crippen LogP contribution in [0.15, 0.2) is 24.3 Å². The average molecular weight is 643 g/mol. The summed E-state index contributed by atoms with van der Waals surface area (Å²) < 4.78 is 0.0924. The van der Waals surface area contributed by atoms with Gasteiger partial charge in [-0.25, -0.2) is 0 Å². The first-order valence-electron chi connectivity index (χ1n) is 15.0. The molecule has 0 saturated heterocycles. The van der Waals surface area contributed by atoms with Crippen molar-refractivity contribution >= 4 is 61.6 Å². The zero-order chi connectivity index (χ0) is 32.3. The third-order valence-corrected chi connectivity index (χ3v) is 7.05. The molecule has 244 valence electrons. The van der Waals surface area contributed by atoms with Crippen LogP contribution in [-0.4, -0.2) is 144 Å². The van der Waals surface area contributed by atoms with E-state index in [0.717, 1.165) is 51.4 Å². The molecule has 13 heteroatoms. The molecule has 0 heterocycles. The maximum Gasteiger partial charge on any atom is 2.00 e. The van der Waals surface area contributed by atoms with Gasteiger partial charge in [-0.15, -0.1) is 0 Å². The molecule has 0 saturated carbocycles. The molecule has 0 aliphatic heterocycles. The van der Waals surface area contributed by atoms with E-state index in [9.17, 15) is 39.6 Å². The minimum atomic E-state index is -1.19. The first-order valence-corrected chi connectivity index (χ1v) is 15.0. The zero-order valence-electron chi connectivity index (χ0n) is 26.3. The number of allylic oxidation sites excluding steroid dienone is 2. The van der Waals surface area contributed by atoms with Crippen molar-refractivity contribution in [3.63, 3.8) is 0 Å². The molecule has 0 aliphatic rings. The molecule has 4 N–H and O–H groups in total. The molecule has 0 spiro atoms. The number of carboxylic acids is 4. The predicted octanol–water partition coefficient (Wildman–Crippen LogP) is 0.628. The number of rotatable bonds is 26. The second-order valence-corrected chi connectivity index (χ2v) is 10.7. The molecule has 0 aromatic carbocycles. The van der Waals surface area contributed by atoms with Crippen LogP contribution in [0.5, 0.6) is 0 Å². The van der Waals surface area contributed by atoms with Crippen molar-refractivity contribution in [2.75, 3.05) is 52.7 Å². The van der Waals surface area contributed by atoms with Gasteiger partial charge < -0.3 is 40.2 Å². The SMILES string of the molecule is CCCCC/C=C/C[N+](CO)(CCC(=O)[O-])CCC(=O)O.CCCCC/C=C/C[N+](CO)(CCC(=O)[O-])CCC(=O)O.[Ca+2]. The molecule has 2 atom stereocenters. The molecule has 0 amide bonds. The van der Waals surface area contributed by atoms with Crippen molar-refractivity contribution in [2.24, 2.45) is 0 Å². The number of hydrogen-bond acceptors (Lipinski definition) is 8. The Bertz CT molecular complexity index is 719. The van der Waals surface area contributed by atoms with E-state index in [1.165, 1.54) is 0 Å². The molecule has 0 rings (SSSR count). The standard InChI is InChI=1S/2C15H27NO5.Ca/c2*1-2-3-4-5-6-7-10-16(13-17,11-8-14(18)19)12-9-15(20)21;/h2*6-7,17H,2-5,8-13H2,1H3,(H-,18,19,20,21);/q;;+2/b2*7-6+;. The van der Waals surface area contributed by atoms with Crippen LogP contribution >= 0.6 is 0 Å². The summed E-state index contributed by atoms with van der Waals surface area (Å²) in [7, 11) is 0. The number of nitrogens with zero attached hydrogens (tertiary/aromatic N) is 2. The second kappa shape index (κ2) is 29.2. The van der Waals surface area contributed by atoms with Crippen LogP contribution in [0.3, 0.4) is 0 Å². The van der Waals surface area contributed by atoms with E-state index in [-0.39, 0.29) is 112 Å². The average Bonchev–Trinajstić information content (AvgIpc) is 2.95. The number of carbonyl (C=O) groups is 4. The molecule has 2 unspecified atom stereocenters. The van der Waals surface area contributed by atoms with Gasteiger partial charge in [0.1, 0.15) is 0 Å². The summed E-state index contributed by atoms with van der Waals surface area (Å²) in [5, 5.41) is 57.9. The van der Waals surface area contributed by atoms with E-state index in [1.54, 1.807) is 0 Å². The van der Waals surface area contributed by atoms with Gasteiger partial charge in [-0.3, -0.25) is 18.6 Å². The molecule has 0 radical (unpaired) electrons. The molecule has 0 aromatic heterocycles. The van der Waals surface area contributed by atoms with Crippen LogP contribution in [0, 0.1) is 0 Å². The van der Waals surface area contributed by atoms with Gasteiger partial charge >= 0.3 is 49.7 Å². The van der Waals surface area contributed by atoms with Gasteiger partial charge in [0, 0.05) is 24.8 Å². The number of hydrogen-bond donors (Lipinski definition) is 4. The third kappa shape index (κ3) is 27.7. The van der Waals surface area contributed by atoms with Crippen LogP contribution in [0.2, 0.25) is 0 Å². The number of aliphatic hydroxyl groups is 2. The van der Waals surface area contributed by atoms with Crippen molar-refractivity contribution in [3.8, 4) is 0 Å². The van der Waals surface area contributed by atoms with E-state index in [1.807, 2.05) is 24.3 Å². The number of aliphatic hydroxyl groups excluding tert-OH is 2. The third-order valence-electron chi connectivity index (χ3n) is 7.05. The Morgan fingerprint density at radius 3 is 1.16 bits per heavy atom. The number of carboxylic acid groups (broad SMARTS) is 4. The van der Waals surface area contributed by atoms with Crippen LogP contribution in [0.1, 0.15) is 90.9 Å². The van der Waals surface area contributed by atoms with Crippen LogP contribution in [0.4, 0.5) is 0 Å². The Balaban J connectivity index is -0.000000727. The van der Waals surface area contributed by atoms with E-state index >= 15 is 0 Å². The van der Waals surface area contributed by atoms with Crippen LogP contribution in [0.25, 0.3) is 0 Å².